The maximum atomic E-state index is 9.51. The summed E-state index contributed by atoms with van der Waals surface area (Å²) in [7, 11) is -0.596. The van der Waals surface area contributed by atoms with E-state index in [2.05, 4.69) is 8.54 Å². The highest BCUT2D eigenvalue weighted by Crippen LogP contribution is 1.69. The Morgan fingerprint density at radius 2 is 2.43 bits per heavy atom. The van der Waals surface area contributed by atoms with E-state index < -0.39 is 16.2 Å². The first-order valence-electron chi connectivity index (χ1n) is 1.62. The van der Waals surface area contributed by atoms with E-state index in [0.717, 1.165) is 0 Å². The summed E-state index contributed by atoms with van der Waals surface area (Å²) in [6, 6.07) is 0. The Balaban J connectivity index is 2.82. The van der Waals surface area contributed by atoms with Crippen molar-refractivity contribution < 1.29 is 18.4 Å². The van der Waals surface area contributed by atoms with E-state index in [9.17, 15) is 4.79 Å². The van der Waals surface area contributed by atoms with Crippen LogP contribution >= 0.6 is 0 Å². The summed E-state index contributed by atoms with van der Waals surface area (Å²) >= 11 is 0. The van der Waals surface area contributed by atoms with Gasteiger partial charge in [0.1, 0.15) is 10.5 Å². The van der Waals surface area contributed by atoms with Crippen molar-refractivity contribution in [1.29, 1.82) is 0 Å². The third kappa shape index (κ3) is 5.66. The van der Waals surface area contributed by atoms with E-state index in [1.807, 2.05) is 0 Å². The molecule has 0 spiro atoms. The monoisotopic (exact) mass is 138 g/mol. The zero-order chi connectivity index (χ0) is 5.70. The molecule has 0 heterocycles. The molecular weight excluding hydrogens is 132 g/mol. The lowest BCUT2D eigenvalue weighted by Crippen LogP contribution is -2.07. The van der Waals surface area contributed by atoms with Crippen LogP contribution in [0.4, 0.5) is 4.79 Å². The number of rotatable bonds is 2. The number of carboxylic acid groups (broad SMARTS) is 1. The molecule has 0 aliphatic heterocycles. The molecular formula is CH6O4Si2. The minimum absolute atomic E-state index is 0.568. The Labute approximate surface area is 46.0 Å². The van der Waals surface area contributed by atoms with Crippen molar-refractivity contribution in [2.45, 2.75) is 0 Å². The van der Waals surface area contributed by atoms with Crippen LogP contribution in [0.25, 0.3) is 0 Å². The van der Waals surface area contributed by atoms with Gasteiger partial charge in [0.05, 0.1) is 0 Å². The van der Waals surface area contributed by atoms with Crippen LogP contribution in [-0.4, -0.2) is 31.8 Å². The molecule has 6 heteroatoms. The molecule has 0 atom stereocenters. The van der Waals surface area contributed by atoms with Crippen molar-refractivity contribution in [3.8, 4) is 0 Å². The van der Waals surface area contributed by atoms with E-state index in [0.29, 0.717) is 10.5 Å². The third-order valence-electron chi connectivity index (χ3n) is 0.300. The highest BCUT2D eigenvalue weighted by Gasteiger charge is 1.90. The standard InChI is InChI=1S/CH6O4Si2/c2-1(3)4-7-5-6/h7H2,6H3,(H,2,3). The molecule has 0 aromatic carbocycles. The highest BCUT2D eigenvalue weighted by molar-refractivity contribution is 6.29. The zero-order valence-corrected chi connectivity index (χ0v) is 7.29. The molecule has 0 fully saturated rings. The van der Waals surface area contributed by atoms with Gasteiger partial charge in [0.25, 0.3) is 0 Å². The second-order valence-corrected chi connectivity index (χ2v) is 3.65. The van der Waals surface area contributed by atoms with E-state index in [1.165, 1.54) is 0 Å². The van der Waals surface area contributed by atoms with Gasteiger partial charge < -0.3 is 13.6 Å². The third-order valence-corrected chi connectivity index (χ3v) is 1.61. The number of hydrogen-bond donors (Lipinski definition) is 1. The molecule has 0 aliphatic carbocycles. The zero-order valence-electron chi connectivity index (χ0n) is 3.88. The molecule has 0 rings (SSSR count). The van der Waals surface area contributed by atoms with Crippen LogP contribution in [0, 0.1) is 0 Å². The predicted molar refractivity (Wildman–Crippen MR) is 28.7 cm³/mol. The Bertz CT molecular complexity index is 62.7. The summed E-state index contributed by atoms with van der Waals surface area (Å²) in [4.78, 5) is 9.51. The average Bonchev–Trinajstić information content (AvgIpc) is 1.61. The lowest BCUT2D eigenvalue weighted by atomic mass is 11.5. The van der Waals surface area contributed by atoms with Gasteiger partial charge >= 0.3 is 16.2 Å². The number of carbonyl (C=O) groups is 1. The molecule has 0 aliphatic rings. The van der Waals surface area contributed by atoms with Gasteiger partial charge in [-0.25, -0.2) is 4.79 Å². The Hall–Kier alpha value is -0.336. The Kier molecular flexibility index (Phi) is 3.66. The molecule has 0 amide bonds. The summed E-state index contributed by atoms with van der Waals surface area (Å²) < 4.78 is 8.59. The fraction of sp³-hybridized carbons (Fsp3) is 0. The van der Waals surface area contributed by atoms with E-state index >= 15 is 0 Å². The fourth-order valence-corrected chi connectivity index (χ4v) is 0.682. The summed E-state index contributed by atoms with van der Waals surface area (Å²) in [6.45, 7) is 0. The smallest absolute Gasteiger partial charge is 0.470 e. The molecule has 0 saturated heterocycles. The summed E-state index contributed by atoms with van der Waals surface area (Å²) in [6.07, 6.45) is -1.23. The summed E-state index contributed by atoms with van der Waals surface area (Å²) in [5, 5.41) is 7.79. The topological polar surface area (TPSA) is 55.8 Å². The molecule has 1 N–H and O–H groups in total. The molecule has 42 valence electrons. The SMILES string of the molecule is O=C(O)O[SiH2]O[SiH3]. The van der Waals surface area contributed by atoms with Crippen molar-refractivity contribution in [2.24, 2.45) is 0 Å². The molecule has 0 aromatic heterocycles. The molecule has 0 saturated carbocycles. The first-order valence-corrected chi connectivity index (χ1v) is 3.59. The maximum Gasteiger partial charge on any atom is 0.493 e. The van der Waals surface area contributed by atoms with Gasteiger partial charge in [0.2, 0.25) is 0 Å². The van der Waals surface area contributed by atoms with Crippen LogP contribution in [0.2, 0.25) is 0 Å². The van der Waals surface area contributed by atoms with Crippen LogP contribution in [0.5, 0.6) is 0 Å². The van der Waals surface area contributed by atoms with Crippen molar-refractivity contribution >= 4 is 26.6 Å². The van der Waals surface area contributed by atoms with E-state index in [4.69, 9.17) is 5.11 Å². The summed E-state index contributed by atoms with van der Waals surface area (Å²) in [5.41, 5.74) is 0. The Morgan fingerprint density at radius 1 is 1.86 bits per heavy atom. The predicted octanol–water partition coefficient (Wildman–Crippen LogP) is -2.02. The van der Waals surface area contributed by atoms with Gasteiger partial charge in [-0.2, -0.15) is 0 Å². The first kappa shape index (κ1) is 6.66. The van der Waals surface area contributed by atoms with Crippen LogP contribution in [-0.2, 0) is 8.54 Å². The van der Waals surface area contributed by atoms with Gasteiger partial charge in [-0.15, -0.1) is 0 Å². The van der Waals surface area contributed by atoms with Crippen LogP contribution in [0.3, 0.4) is 0 Å². The van der Waals surface area contributed by atoms with Gasteiger partial charge in [-0.1, -0.05) is 0 Å². The van der Waals surface area contributed by atoms with Crippen molar-refractivity contribution in [1.82, 2.24) is 0 Å². The second-order valence-electron chi connectivity index (χ2n) is 0.817. The quantitative estimate of drug-likeness (QED) is 0.447. The van der Waals surface area contributed by atoms with Crippen molar-refractivity contribution in [3.63, 3.8) is 0 Å². The van der Waals surface area contributed by atoms with Gasteiger partial charge in [-0.3, -0.25) is 0 Å². The highest BCUT2D eigenvalue weighted by atomic mass is 28.3. The maximum absolute atomic E-state index is 9.51. The summed E-state index contributed by atoms with van der Waals surface area (Å²) in [5.74, 6) is 0. The average molecular weight is 138 g/mol. The Morgan fingerprint density at radius 3 is 2.57 bits per heavy atom. The van der Waals surface area contributed by atoms with Gasteiger partial charge in [-0.05, 0) is 0 Å². The van der Waals surface area contributed by atoms with Crippen molar-refractivity contribution in [2.75, 3.05) is 0 Å². The minimum Gasteiger partial charge on any atom is -0.470 e. The second kappa shape index (κ2) is 3.84. The molecule has 0 unspecified atom stereocenters. The fourth-order valence-electron chi connectivity index (χ4n) is 0.109. The van der Waals surface area contributed by atoms with Crippen LogP contribution in [0.1, 0.15) is 0 Å². The molecule has 0 bridgehead atoms. The molecule has 0 aromatic rings. The minimum atomic E-state index is -1.23. The van der Waals surface area contributed by atoms with Crippen LogP contribution in [0.15, 0.2) is 0 Å². The number of hydrogen-bond acceptors (Lipinski definition) is 3. The van der Waals surface area contributed by atoms with E-state index in [1.54, 1.807) is 0 Å². The van der Waals surface area contributed by atoms with Gasteiger partial charge in [0, 0.05) is 0 Å². The van der Waals surface area contributed by atoms with Crippen molar-refractivity contribution in [3.05, 3.63) is 0 Å². The van der Waals surface area contributed by atoms with Gasteiger partial charge in [0.15, 0.2) is 0 Å². The van der Waals surface area contributed by atoms with E-state index in [-0.39, 0.29) is 0 Å². The lowest BCUT2D eigenvalue weighted by molar-refractivity contribution is 0.141. The molecule has 4 nitrogen and oxygen atoms in total. The first-order chi connectivity index (χ1) is 3.27. The van der Waals surface area contributed by atoms with Crippen LogP contribution < -0.4 is 0 Å². The lowest BCUT2D eigenvalue weighted by Gasteiger charge is -1.93. The molecule has 0 radical (unpaired) electrons. The largest absolute Gasteiger partial charge is 0.493 e. The normalized spacial score (nSPS) is 10.3. The molecule has 7 heavy (non-hydrogen) atoms.